The molecule has 24 heavy (non-hydrogen) atoms. The molecule has 0 saturated carbocycles. The van der Waals surface area contributed by atoms with E-state index in [2.05, 4.69) is 15.0 Å². The lowest BCUT2D eigenvalue weighted by atomic mass is 10.1. The second kappa shape index (κ2) is 6.32. The number of rotatable bonds is 7. The summed E-state index contributed by atoms with van der Waals surface area (Å²) in [6, 6.07) is 6.37. The molecule has 7 nitrogen and oxygen atoms in total. The van der Waals surface area contributed by atoms with Gasteiger partial charge in [-0.15, -0.1) is 0 Å². The molecule has 0 fully saturated rings. The summed E-state index contributed by atoms with van der Waals surface area (Å²) in [5.41, 5.74) is 14.3. The van der Waals surface area contributed by atoms with Crippen LogP contribution in [0.15, 0.2) is 35.9 Å². The van der Waals surface area contributed by atoms with Gasteiger partial charge in [-0.25, -0.2) is 0 Å². The van der Waals surface area contributed by atoms with Crippen molar-refractivity contribution in [1.29, 1.82) is 0 Å². The highest BCUT2D eigenvalue weighted by molar-refractivity contribution is 7.10. The molecule has 1 atom stereocenters. The Labute approximate surface area is 142 Å². The van der Waals surface area contributed by atoms with Gasteiger partial charge in [0.05, 0.1) is 16.9 Å². The Balaban J connectivity index is 1.88. The lowest BCUT2D eigenvalue weighted by Gasteiger charge is -2.16. The van der Waals surface area contributed by atoms with Crippen LogP contribution in [0.1, 0.15) is 22.5 Å². The number of primary amides is 2. The van der Waals surface area contributed by atoms with Crippen molar-refractivity contribution in [3.05, 3.63) is 47.2 Å². The number of hydrogen-bond acceptors (Lipinski definition) is 6. The molecule has 1 aromatic heterocycles. The van der Waals surface area contributed by atoms with Crippen molar-refractivity contribution in [1.82, 2.24) is 4.37 Å². The maximum atomic E-state index is 11.6. The third-order valence-electron chi connectivity index (χ3n) is 3.58. The molecule has 0 spiro atoms. The SMILES string of the molecule is Cc1cc(Nc2cc(N[C@@H](C(N)=O)C3=CC3)ccc2C(N)=O)sn1. The summed E-state index contributed by atoms with van der Waals surface area (Å²) >= 11 is 1.29. The second-order valence-electron chi connectivity index (χ2n) is 5.55. The third-order valence-corrected chi connectivity index (χ3v) is 4.37. The highest BCUT2D eigenvalue weighted by atomic mass is 32.1. The quantitative estimate of drug-likeness (QED) is 0.572. The fourth-order valence-corrected chi connectivity index (χ4v) is 2.99. The number of aromatic nitrogens is 1. The van der Waals surface area contributed by atoms with Crippen LogP contribution in [0.5, 0.6) is 0 Å². The minimum Gasteiger partial charge on any atom is -0.370 e. The van der Waals surface area contributed by atoms with Crippen molar-refractivity contribution in [3.63, 3.8) is 0 Å². The van der Waals surface area contributed by atoms with Crippen LogP contribution in [0.2, 0.25) is 0 Å². The van der Waals surface area contributed by atoms with Gasteiger partial charge in [0.2, 0.25) is 5.91 Å². The van der Waals surface area contributed by atoms with Crippen LogP contribution < -0.4 is 22.1 Å². The normalized spacial score (nSPS) is 13.8. The molecule has 1 aliphatic carbocycles. The Morgan fingerprint density at radius 3 is 2.58 bits per heavy atom. The van der Waals surface area contributed by atoms with Crippen LogP contribution in [0.25, 0.3) is 0 Å². The van der Waals surface area contributed by atoms with Gasteiger partial charge in [-0.2, -0.15) is 4.37 Å². The number of benzene rings is 1. The average Bonchev–Trinajstić information content (AvgIpc) is 3.27. The van der Waals surface area contributed by atoms with Gasteiger partial charge in [0.15, 0.2) is 0 Å². The average molecular weight is 343 g/mol. The maximum Gasteiger partial charge on any atom is 0.250 e. The summed E-state index contributed by atoms with van der Waals surface area (Å²) in [4.78, 5) is 23.2. The summed E-state index contributed by atoms with van der Waals surface area (Å²) in [5, 5.41) is 7.03. The van der Waals surface area contributed by atoms with E-state index in [-0.39, 0.29) is 0 Å². The molecular formula is C16H17N5O2S. The molecule has 0 bridgehead atoms. The minimum atomic E-state index is -0.540. The van der Waals surface area contributed by atoms with Gasteiger partial charge in [-0.1, -0.05) is 6.08 Å². The number of anilines is 3. The molecule has 2 amide bonds. The Kier molecular flexibility index (Phi) is 4.22. The Morgan fingerprint density at radius 1 is 1.29 bits per heavy atom. The summed E-state index contributed by atoms with van der Waals surface area (Å²) in [6.45, 7) is 1.88. The Hall–Kier alpha value is -2.87. The number of hydrogen-bond donors (Lipinski definition) is 4. The van der Waals surface area contributed by atoms with E-state index in [0.717, 1.165) is 22.7 Å². The zero-order valence-corrected chi connectivity index (χ0v) is 13.8. The van der Waals surface area contributed by atoms with Crippen molar-refractivity contribution in [2.24, 2.45) is 11.5 Å². The van der Waals surface area contributed by atoms with Gasteiger partial charge in [0.1, 0.15) is 11.0 Å². The van der Waals surface area contributed by atoms with E-state index in [0.29, 0.717) is 16.9 Å². The molecule has 0 unspecified atom stereocenters. The molecule has 0 saturated heterocycles. The molecule has 0 radical (unpaired) electrons. The van der Waals surface area contributed by atoms with Crippen molar-refractivity contribution in [3.8, 4) is 0 Å². The first-order valence-electron chi connectivity index (χ1n) is 7.33. The number of nitrogens with one attached hydrogen (secondary N) is 2. The smallest absolute Gasteiger partial charge is 0.250 e. The predicted molar refractivity (Wildman–Crippen MR) is 94.4 cm³/mol. The first kappa shape index (κ1) is 16.0. The lowest BCUT2D eigenvalue weighted by molar-refractivity contribution is -0.117. The molecule has 6 N–H and O–H groups in total. The van der Waals surface area contributed by atoms with E-state index in [4.69, 9.17) is 11.5 Å². The van der Waals surface area contributed by atoms with Gasteiger partial charge in [0.25, 0.3) is 5.91 Å². The Bertz CT molecular complexity index is 841. The molecule has 1 heterocycles. The standard InChI is InChI=1S/C16H17N5O2S/c1-8-6-13(24-21-8)20-12-7-10(4-5-11(12)15(17)22)19-14(16(18)23)9-2-3-9/h2,4-7,14,19-20H,3H2,1H3,(H2,17,22)(H2,18,23)/t14-/m1/s1. The van der Waals surface area contributed by atoms with Crippen LogP contribution in [0.3, 0.4) is 0 Å². The molecule has 124 valence electrons. The molecule has 3 rings (SSSR count). The maximum absolute atomic E-state index is 11.6. The number of nitrogens with zero attached hydrogens (tertiary/aromatic N) is 1. The number of allylic oxidation sites excluding steroid dienone is 1. The van der Waals surface area contributed by atoms with E-state index < -0.39 is 17.9 Å². The first-order valence-corrected chi connectivity index (χ1v) is 8.10. The molecule has 8 heteroatoms. The first-order chi connectivity index (χ1) is 11.4. The summed E-state index contributed by atoms with van der Waals surface area (Å²) in [5.74, 6) is -0.980. The fourth-order valence-electron chi connectivity index (χ4n) is 2.32. The van der Waals surface area contributed by atoms with Crippen molar-refractivity contribution >= 4 is 39.7 Å². The summed E-state index contributed by atoms with van der Waals surface area (Å²) in [6.07, 6.45) is 2.73. The molecule has 1 aromatic carbocycles. The lowest BCUT2D eigenvalue weighted by Crippen LogP contribution is -2.34. The van der Waals surface area contributed by atoms with Crippen LogP contribution in [0, 0.1) is 6.92 Å². The van der Waals surface area contributed by atoms with E-state index in [1.807, 2.05) is 19.1 Å². The number of amides is 2. The number of nitrogens with two attached hydrogens (primary N) is 2. The van der Waals surface area contributed by atoms with Crippen molar-refractivity contribution in [2.45, 2.75) is 19.4 Å². The van der Waals surface area contributed by atoms with Crippen LogP contribution in [0.4, 0.5) is 16.4 Å². The van der Waals surface area contributed by atoms with Gasteiger partial charge < -0.3 is 22.1 Å². The van der Waals surface area contributed by atoms with Crippen LogP contribution in [-0.2, 0) is 4.79 Å². The number of aryl methyl sites for hydroxylation is 1. The fraction of sp³-hybridized carbons (Fsp3) is 0.188. The van der Waals surface area contributed by atoms with E-state index in [1.165, 1.54) is 11.5 Å². The zero-order valence-electron chi connectivity index (χ0n) is 13.0. The van der Waals surface area contributed by atoms with E-state index in [1.54, 1.807) is 18.2 Å². The zero-order chi connectivity index (χ0) is 17.3. The molecule has 0 aliphatic heterocycles. The van der Waals surface area contributed by atoms with Gasteiger partial charge in [0, 0.05) is 5.69 Å². The third kappa shape index (κ3) is 3.54. The summed E-state index contributed by atoms with van der Waals surface area (Å²) in [7, 11) is 0. The minimum absolute atomic E-state index is 0.355. The van der Waals surface area contributed by atoms with E-state index in [9.17, 15) is 9.59 Å². The Morgan fingerprint density at radius 2 is 2.04 bits per heavy atom. The summed E-state index contributed by atoms with van der Waals surface area (Å²) < 4.78 is 4.19. The van der Waals surface area contributed by atoms with Crippen molar-refractivity contribution in [2.75, 3.05) is 10.6 Å². The largest absolute Gasteiger partial charge is 0.370 e. The van der Waals surface area contributed by atoms with Crippen LogP contribution >= 0.6 is 11.5 Å². The number of carbonyl (C=O) groups excluding carboxylic acids is 2. The highest BCUT2D eigenvalue weighted by Gasteiger charge is 2.25. The van der Waals surface area contributed by atoms with Gasteiger partial charge in [-0.05, 0) is 54.7 Å². The van der Waals surface area contributed by atoms with Crippen molar-refractivity contribution < 1.29 is 9.59 Å². The molecule has 1 aliphatic rings. The van der Waals surface area contributed by atoms with Gasteiger partial charge >= 0.3 is 0 Å². The number of carbonyl (C=O) groups is 2. The highest BCUT2D eigenvalue weighted by Crippen LogP contribution is 2.30. The molecular weight excluding hydrogens is 326 g/mol. The van der Waals surface area contributed by atoms with E-state index >= 15 is 0 Å². The topological polar surface area (TPSA) is 123 Å². The molecule has 2 aromatic rings. The van der Waals surface area contributed by atoms with Crippen LogP contribution in [-0.4, -0.2) is 22.2 Å². The van der Waals surface area contributed by atoms with Gasteiger partial charge in [-0.3, -0.25) is 9.59 Å². The monoisotopic (exact) mass is 343 g/mol. The second-order valence-corrected chi connectivity index (χ2v) is 6.35. The predicted octanol–water partition coefficient (Wildman–Crippen LogP) is 1.89.